The molecule has 0 radical (unpaired) electrons. The number of hydrogen-bond donors (Lipinski definition) is 2. The monoisotopic (exact) mass is 410 g/mol. The van der Waals surface area contributed by atoms with E-state index >= 15 is 0 Å². The zero-order chi connectivity index (χ0) is 19.6. The molecular weight excluding hydrogens is 398 g/mol. The third-order valence-electron chi connectivity index (χ3n) is 3.62. The van der Waals surface area contributed by atoms with Gasteiger partial charge in [0.15, 0.2) is 5.11 Å². The topological polar surface area (TPSA) is 63.5 Å². The molecule has 9 heteroatoms. The molecule has 0 saturated carbocycles. The Morgan fingerprint density at radius 3 is 2.48 bits per heavy atom. The van der Waals surface area contributed by atoms with Crippen LogP contribution in [0.2, 0.25) is 5.02 Å². The van der Waals surface area contributed by atoms with Gasteiger partial charge in [-0.3, -0.25) is 0 Å². The SMILES string of the molecule is Cc1cc(=O)oc2cc(NC(=S)Nc3ccc(OC(F)F)c(Cl)c3)ccc12. The van der Waals surface area contributed by atoms with Crippen molar-refractivity contribution in [3.63, 3.8) is 0 Å². The summed E-state index contributed by atoms with van der Waals surface area (Å²) in [4.78, 5) is 11.5. The predicted molar refractivity (Wildman–Crippen MR) is 105 cm³/mol. The highest BCUT2D eigenvalue weighted by Gasteiger charge is 2.10. The van der Waals surface area contributed by atoms with Crippen LogP contribution in [0.1, 0.15) is 5.56 Å². The van der Waals surface area contributed by atoms with Crippen LogP contribution < -0.4 is 21.0 Å². The molecule has 3 aromatic rings. The van der Waals surface area contributed by atoms with Crippen LogP contribution in [0.4, 0.5) is 20.2 Å². The van der Waals surface area contributed by atoms with Crippen LogP contribution in [0.25, 0.3) is 11.0 Å². The summed E-state index contributed by atoms with van der Waals surface area (Å²) in [6.45, 7) is -1.13. The number of thiocarbonyl (C=S) groups is 1. The Bertz CT molecular complexity index is 1070. The lowest BCUT2D eigenvalue weighted by atomic mass is 10.1. The molecule has 0 unspecified atom stereocenters. The summed E-state index contributed by atoms with van der Waals surface area (Å²) in [5, 5.41) is 6.91. The van der Waals surface area contributed by atoms with Crippen molar-refractivity contribution >= 4 is 51.3 Å². The Hall–Kier alpha value is -2.71. The van der Waals surface area contributed by atoms with Gasteiger partial charge in [-0.05, 0) is 55.0 Å². The Labute approximate surface area is 162 Å². The van der Waals surface area contributed by atoms with E-state index in [0.717, 1.165) is 10.9 Å². The fraction of sp³-hybridized carbons (Fsp3) is 0.111. The maximum atomic E-state index is 12.3. The molecule has 0 saturated heterocycles. The summed E-state index contributed by atoms with van der Waals surface area (Å²) in [5.74, 6) is -0.129. The van der Waals surface area contributed by atoms with Gasteiger partial charge in [0.25, 0.3) is 0 Å². The molecule has 5 nitrogen and oxygen atoms in total. The zero-order valence-electron chi connectivity index (χ0n) is 13.9. The summed E-state index contributed by atoms with van der Waals surface area (Å²) in [7, 11) is 0. The standard InChI is InChI=1S/C18H13ClF2N2O3S/c1-9-6-16(24)25-15-8-11(2-4-12(9)15)23-18(27)22-10-3-5-14(13(19)7-10)26-17(20)21/h2-8,17H,1H3,(H2,22,23,27). The minimum atomic E-state index is -2.96. The van der Waals surface area contributed by atoms with Crippen LogP contribution in [-0.4, -0.2) is 11.7 Å². The molecule has 0 fully saturated rings. The second-order valence-corrected chi connectivity index (χ2v) is 6.38. The van der Waals surface area contributed by atoms with Gasteiger partial charge in [0.1, 0.15) is 11.3 Å². The molecule has 0 aliphatic rings. The molecule has 0 atom stereocenters. The molecule has 0 spiro atoms. The summed E-state index contributed by atoms with van der Waals surface area (Å²) >= 11 is 11.1. The number of alkyl halides is 2. The van der Waals surface area contributed by atoms with E-state index in [1.165, 1.54) is 24.3 Å². The molecule has 0 aliphatic carbocycles. The predicted octanol–water partition coefficient (Wildman–Crippen LogP) is 5.17. The van der Waals surface area contributed by atoms with Gasteiger partial charge in [0.05, 0.1) is 5.02 Å². The Kier molecular flexibility index (Phi) is 5.57. The van der Waals surface area contributed by atoms with E-state index in [0.29, 0.717) is 17.0 Å². The number of hydrogen-bond acceptors (Lipinski definition) is 4. The lowest BCUT2D eigenvalue weighted by Gasteiger charge is -2.13. The number of nitrogens with one attached hydrogen (secondary N) is 2. The third-order valence-corrected chi connectivity index (χ3v) is 4.11. The summed E-state index contributed by atoms with van der Waals surface area (Å²) < 4.78 is 34.0. The first-order valence-electron chi connectivity index (χ1n) is 7.69. The molecular formula is C18H13ClF2N2O3S. The second-order valence-electron chi connectivity index (χ2n) is 5.56. The van der Waals surface area contributed by atoms with E-state index in [9.17, 15) is 13.6 Å². The van der Waals surface area contributed by atoms with Crippen molar-refractivity contribution in [3.8, 4) is 5.75 Å². The normalized spacial score (nSPS) is 10.9. The van der Waals surface area contributed by atoms with Gasteiger partial charge in [-0.2, -0.15) is 8.78 Å². The lowest BCUT2D eigenvalue weighted by molar-refractivity contribution is -0.0497. The third kappa shape index (κ3) is 4.72. The number of halogens is 3. The number of fused-ring (bicyclic) bond motifs is 1. The summed E-state index contributed by atoms with van der Waals surface area (Å²) in [6.07, 6.45) is 0. The van der Waals surface area contributed by atoms with Crippen molar-refractivity contribution in [2.24, 2.45) is 0 Å². The molecule has 0 bridgehead atoms. The van der Waals surface area contributed by atoms with Crippen molar-refractivity contribution in [1.29, 1.82) is 0 Å². The first-order chi connectivity index (χ1) is 12.8. The quantitative estimate of drug-likeness (QED) is 0.457. The number of anilines is 2. The molecule has 0 amide bonds. The second kappa shape index (κ2) is 7.89. The van der Waals surface area contributed by atoms with Crippen LogP contribution in [-0.2, 0) is 0 Å². The maximum Gasteiger partial charge on any atom is 0.387 e. The van der Waals surface area contributed by atoms with Crippen LogP contribution >= 0.6 is 23.8 Å². The van der Waals surface area contributed by atoms with E-state index in [1.54, 1.807) is 12.1 Å². The van der Waals surface area contributed by atoms with Crippen LogP contribution in [0.5, 0.6) is 5.75 Å². The summed E-state index contributed by atoms with van der Waals surface area (Å²) in [6, 6.07) is 10.9. The molecule has 27 heavy (non-hydrogen) atoms. The molecule has 1 aromatic heterocycles. The molecule has 3 rings (SSSR count). The number of ether oxygens (including phenoxy) is 1. The van der Waals surface area contributed by atoms with Gasteiger partial charge in [0, 0.05) is 28.9 Å². The van der Waals surface area contributed by atoms with Crippen LogP contribution in [0, 0.1) is 6.92 Å². The first-order valence-corrected chi connectivity index (χ1v) is 8.47. The molecule has 140 valence electrons. The van der Waals surface area contributed by atoms with Crippen LogP contribution in [0.3, 0.4) is 0 Å². The van der Waals surface area contributed by atoms with E-state index in [2.05, 4.69) is 15.4 Å². The number of benzene rings is 2. The van der Waals surface area contributed by atoms with E-state index in [4.69, 9.17) is 28.2 Å². The van der Waals surface area contributed by atoms with Crippen LogP contribution in [0.15, 0.2) is 51.7 Å². The minimum Gasteiger partial charge on any atom is -0.433 e. The average molecular weight is 411 g/mol. The van der Waals surface area contributed by atoms with E-state index < -0.39 is 12.2 Å². The number of rotatable bonds is 4. The van der Waals surface area contributed by atoms with E-state index in [-0.39, 0.29) is 15.9 Å². The molecule has 0 aliphatic heterocycles. The highest BCUT2D eigenvalue weighted by molar-refractivity contribution is 7.80. The van der Waals surface area contributed by atoms with Crippen molar-refractivity contribution < 1.29 is 17.9 Å². The smallest absolute Gasteiger partial charge is 0.387 e. The fourth-order valence-electron chi connectivity index (χ4n) is 2.47. The molecule has 2 aromatic carbocycles. The van der Waals surface area contributed by atoms with Gasteiger partial charge >= 0.3 is 12.2 Å². The van der Waals surface area contributed by atoms with Gasteiger partial charge in [0.2, 0.25) is 0 Å². The van der Waals surface area contributed by atoms with Gasteiger partial charge < -0.3 is 19.8 Å². The highest BCUT2D eigenvalue weighted by atomic mass is 35.5. The van der Waals surface area contributed by atoms with Crippen molar-refractivity contribution in [2.45, 2.75) is 13.5 Å². The van der Waals surface area contributed by atoms with Gasteiger partial charge in [-0.1, -0.05) is 11.6 Å². The summed E-state index contributed by atoms with van der Waals surface area (Å²) in [5.41, 5.74) is 1.91. The van der Waals surface area contributed by atoms with E-state index in [1.807, 2.05) is 13.0 Å². The average Bonchev–Trinajstić information content (AvgIpc) is 2.56. The Morgan fingerprint density at radius 2 is 1.81 bits per heavy atom. The number of aryl methyl sites for hydroxylation is 1. The fourth-order valence-corrected chi connectivity index (χ4v) is 2.93. The first kappa shape index (κ1) is 19.1. The van der Waals surface area contributed by atoms with Crippen molar-refractivity contribution in [1.82, 2.24) is 0 Å². The van der Waals surface area contributed by atoms with Gasteiger partial charge in [-0.25, -0.2) is 4.79 Å². The Morgan fingerprint density at radius 1 is 1.15 bits per heavy atom. The minimum absolute atomic E-state index is 0.0195. The van der Waals surface area contributed by atoms with Crippen molar-refractivity contribution in [3.05, 3.63) is 63.5 Å². The van der Waals surface area contributed by atoms with Gasteiger partial charge in [-0.15, -0.1) is 0 Å². The maximum absolute atomic E-state index is 12.3. The highest BCUT2D eigenvalue weighted by Crippen LogP contribution is 2.29. The lowest BCUT2D eigenvalue weighted by Crippen LogP contribution is -2.19. The largest absolute Gasteiger partial charge is 0.433 e. The van der Waals surface area contributed by atoms with Crippen molar-refractivity contribution in [2.75, 3.05) is 10.6 Å². The molecule has 2 N–H and O–H groups in total. The molecule has 1 heterocycles. The Balaban J connectivity index is 1.73. The zero-order valence-corrected chi connectivity index (χ0v) is 15.5.